The van der Waals surface area contributed by atoms with Crippen LogP contribution in [0.2, 0.25) is 15.1 Å². The van der Waals surface area contributed by atoms with E-state index in [0.29, 0.717) is 45.8 Å². The van der Waals surface area contributed by atoms with Crippen LogP contribution in [0.4, 0.5) is 10.5 Å². The van der Waals surface area contributed by atoms with Crippen LogP contribution in [0.1, 0.15) is 43.0 Å². The van der Waals surface area contributed by atoms with Crippen molar-refractivity contribution in [3.8, 4) is 11.5 Å². The zero-order chi connectivity index (χ0) is 29.0. The van der Waals surface area contributed by atoms with E-state index in [1.165, 1.54) is 7.11 Å². The molecule has 0 N–H and O–H groups in total. The van der Waals surface area contributed by atoms with Crippen molar-refractivity contribution in [2.75, 3.05) is 25.7 Å². The van der Waals surface area contributed by atoms with E-state index in [1.54, 1.807) is 42.0 Å². The zero-order valence-electron chi connectivity index (χ0n) is 22.7. The third-order valence-electron chi connectivity index (χ3n) is 6.98. The Morgan fingerprint density at radius 1 is 0.975 bits per heavy atom. The second kappa shape index (κ2) is 13.0. The highest BCUT2D eigenvalue weighted by Crippen LogP contribution is 2.46. The molecule has 1 aliphatic rings. The summed E-state index contributed by atoms with van der Waals surface area (Å²) in [4.78, 5) is 30.6. The summed E-state index contributed by atoms with van der Waals surface area (Å²) >= 11 is 19.2. The largest absolute Gasteiger partial charge is 0.493 e. The monoisotopic (exact) mass is 604 g/mol. The Bertz CT molecular complexity index is 1390. The van der Waals surface area contributed by atoms with Crippen LogP contribution >= 0.6 is 34.8 Å². The van der Waals surface area contributed by atoms with Crippen LogP contribution in [0.15, 0.2) is 54.6 Å². The van der Waals surface area contributed by atoms with Crippen LogP contribution in [-0.2, 0) is 22.5 Å². The number of nitrogens with zero attached hydrogens (tertiary/aromatic N) is 2. The van der Waals surface area contributed by atoms with E-state index in [-0.39, 0.29) is 30.0 Å². The maximum absolute atomic E-state index is 14.1. The summed E-state index contributed by atoms with van der Waals surface area (Å²) in [5.41, 5.74) is 2.73. The van der Waals surface area contributed by atoms with Crippen molar-refractivity contribution in [3.63, 3.8) is 0 Å². The molecule has 0 unspecified atom stereocenters. The van der Waals surface area contributed by atoms with E-state index in [2.05, 4.69) is 0 Å². The number of halogens is 3. The van der Waals surface area contributed by atoms with Crippen LogP contribution < -0.4 is 14.4 Å². The van der Waals surface area contributed by atoms with Crippen molar-refractivity contribution in [3.05, 3.63) is 86.4 Å². The average Bonchev–Trinajstić information content (AvgIpc) is 2.95. The third-order valence-corrected chi connectivity index (χ3v) is 8.18. The second-order valence-corrected chi connectivity index (χ2v) is 10.6. The number of anilines is 1. The molecule has 0 fully saturated rings. The van der Waals surface area contributed by atoms with Gasteiger partial charge in [-0.05, 0) is 44.0 Å². The fourth-order valence-corrected chi connectivity index (χ4v) is 5.74. The van der Waals surface area contributed by atoms with Crippen molar-refractivity contribution in [1.82, 2.24) is 4.90 Å². The second-order valence-electron chi connectivity index (χ2n) is 9.44. The fourth-order valence-electron chi connectivity index (χ4n) is 5.06. The van der Waals surface area contributed by atoms with Crippen LogP contribution in [0.5, 0.6) is 11.5 Å². The number of carbonyl (C=O) groups is 2. The Kier molecular flexibility index (Phi) is 9.72. The number of hydrogen-bond acceptors (Lipinski definition) is 5. The minimum Gasteiger partial charge on any atom is -0.493 e. The number of ether oxygens (including phenoxy) is 3. The molecule has 0 radical (unpaired) electrons. The molecule has 3 aromatic carbocycles. The molecule has 0 bridgehead atoms. The van der Waals surface area contributed by atoms with E-state index < -0.39 is 12.1 Å². The van der Waals surface area contributed by atoms with Crippen LogP contribution in [0.25, 0.3) is 0 Å². The number of benzene rings is 3. The number of amides is 2. The number of hydrogen-bond donors (Lipinski definition) is 0. The van der Waals surface area contributed by atoms with E-state index in [4.69, 9.17) is 49.0 Å². The Labute approximate surface area is 249 Å². The molecule has 1 aliphatic heterocycles. The molecular formula is C30H31Cl3N2O5. The van der Waals surface area contributed by atoms with Gasteiger partial charge in [-0.3, -0.25) is 9.69 Å². The number of fused-ring (bicyclic) bond motifs is 1. The highest BCUT2D eigenvalue weighted by molar-refractivity contribution is 6.44. The lowest BCUT2D eigenvalue weighted by molar-refractivity contribution is -0.134. The van der Waals surface area contributed by atoms with Gasteiger partial charge in [0, 0.05) is 34.8 Å². The molecular weight excluding hydrogens is 575 g/mol. The average molecular weight is 606 g/mol. The predicted octanol–water partition coefficient (Wildman–Crippen LogP) is 7.73. The summed E-state index contributed by atoms with van der Waals surface area (Å²) in [6.07, 6.45) is -0.0721. The maximum atomic E-state index is 14.1. The van der Waals surface area contributed by atoms with Gasteiger partial charge in [0.25, 0.3) is 0 Å². The van der Waals surface area contributed by atoms with Gasteiger partial charge < -0.3 is 19.1 Å². The minimum absolute atomic E-state index is 0.0554. The highest BCUT2D eigenvalue weighted by atomic mass is 35.5. The predicted molar refractivity (Wildman–Crippen MR) is 158 cm³/mol. The molecule has 4 rings (SSSR count). The summed E-state index contributed by atoms with van der Waals surface area (Å²) in [6.45, 7) is 4.24. The van der Waals surface area contributed by atoms with E-state index in [0.717, 1.165) is 11.1 Å². The van der Waals surface area contributed by atoms with E-state index in [9.17, 15) is 9.59 Å². The molecule has 2 atom stereocenters. The highest BCUT2D eigenvalue weighted by Gasteiger charge is 2.40. The molecule has 0 spiro atoms. The third kappa shape index (κ3) is 6.12. The van der Waals surface area contributed by atoms with Crippen molar-refractivity contribution >= 4 is 52.5 Å². The molecule has 2 amide bonds. The lowest BCUT2D eigenvalue weighted by atomic mass is 9.89. The van der Waals surface area contributed by atoms with Gasteiger partial charge in [-0.15, -0.1) is 0 Å². The topological polar surface area (TPSA) is 68.3 Å². The normalized spacial score (nSPS) is 16.2. The standard InChI is InChI=1S/C30H31Cl3N2O5/c1-5-40-30(37)35-18(2)13-24(21-14-26(38-3)27(39-4)16-25(21)35)34(17-19-9-7-6-8-10-19)28(36)15-20-22(31)11-12-23(32)29(20)33/h6-12,14,16,18,24H,5,13,15,17H2,1-4H3/t18-,24+/m0/s1. The smallest absolute Gasteiger partial charge is 0.414 e. The number of carbonyl (C=O) groups excluding carboxylic acids is 2. The zero-order valence-corrected chi connectivity index (χ0v) is 25.0. The first-order valence-electron chi connectivity index (χ1n) is 12.9. The summed E-state index contributed by atoms with van der Waals surface area (Å²) in [5.74, 6) is 0.747. The van der Waals surface area contributed by atoms with Crippen molar-refractivity contribution in [2.45, 2.75) is 45.3 Å². The van der Waals surface area contributed by atoms with Crippen LogP contribution in [0, 0.1) is 0 Å². The summed E-state index contributed by atoms with van der Waals surface area (Å²) in [6, 6.07) is 15.8. The maximum Gasteiger partial charge on any atom is 0.414 e. The van der Waals surface area contributed by atoms with Gasteiger partial charge in [-0.25, -0.2) is 4.79 Å². The van der Waals surface area contributed by atoms with Gasteiger partial charge >= 0.3 is 6.09 Å². The lowest BCUT2D eigenvalue weighted by Gasteiger charge is -2.43. The lowest BCUT2D eigenvalue weighted by Crippen LogP contribution is -2.48. The van der Waals surface area contributed by atoms with Gasteiger partial charge in [0.1, 0.15) is 0 Å². The SMILES string of the molecule is CCOC(=O)N1c2cc(OC)c(OC)cc2[C@H](N(Cc2ccccc2)C(=O)Cc2c(Cl)ccc(Cl)c2Cl)C[C@@H]1C. The Balaban J connectivity index is 1.85. The number of methoxy groups -OCH3 is 2. The van der Waals surface area contributed by atoms with Crippen LogP contribution in [0.3, 0.4) is 0 Å². The van der Waals surface area contributed by atoms with Gasteiger partial charge in [-0.1, -0.05) is 65.1 Å². The molecule has 40 heavy (non-hydrogen) atoms. The van der Waals surface area contributed by atoms with Gasteiger partial charge in [0.15, 0.2) is 11.5 Å². The Hall–Kier alpha value is -3.13. The van der Waals surface area contributed by atoms with Crippen LogP contribution in [-0.4, -0.2) is 43.8 Å². The Morgan fingerprint density at radius 3 is 2.27 bits per heavy atom. The molecule has 0 saturated heterocycles. The fraction of sp³-hybridized carbons (Fsp3) is 0.333. The minimum atomic E-state index is -0.472. The quantitative estimate of drug-likeness (QED) is 0.246. The summed E-state index contributed by atoms with van der Waals surface area (Å²) < 4.78 is 16.5. The molecule has 1 heterocycles. The van der Waals surface area contributed by atoms with Gasteiger partial charge in [-0.2, -0.15) is 0 Å². The summed E-state index contributed by atoms with van der Waals surface area (Å²) in [7, 11) is 3.08. The molecule has 0 aliphatic carbocycles. The molecule has 7 nitrogen and oxygen atoms in total. The van der Waals surface area contributed by atoms with Gasteiger partial charge in [0.2, 0.25) is 5.91 Å². The van der Waals surface area contributed by atoms with Gasteiger partial charge in [0.05, 0.1) is 49.0 Å². The molecule has 10 heteroatoms. The molecule has 0 aromatic heterocycles. The van der Waals surface area contributed by atoms with Crippen molar-refractivity contribution < 1.29 is 23.8 Å². The first-order valence-corrected chi connectivity index (χ1v) is 14.0. The molecule has 0 saturated carbocycles. The van der Waals surface area contributed by atoms with Crippen molar-refractivity contribution in [2.24, 2.45) is 0 Å². The van der Waals surface area contributed by atoms with E-state index >= 15 is 0 Å². The summed E-state index contributed by atoms with van der Waals surface area (Å²) in [5, 5.41) is 0.932. The number of rotatable bonds is 8. The van der Waals surface area contributed by atoms with E-state index in [1.807, 2.05) is 43.3 Å². The first-order chi connectivity index (χ1) is 19.2. The Morgan fingerprint density at radius 2 is 1.62 bits per heavy atom. The molecule has 3 aromatic rings. The van der Waals surface area contributed by atoms with Crippen molar-refractivity contribution in [1.29, 1.82) is 0 Å². The first kappa shape index (κ1) is 29.8. The molecule has 212 valence electrons.